The van der Waals surface area contributed by atoms with E-state index in [0.29, 0.717) is 0 Å². The van der Waals surface area contributed by atoms with Crippen molar-refractivity contribution in [1.29, 1.82) is 0 Å². The van der Waals surface area contributed by atoms with E-state index in [9.17, 15) is 0 Å². The van der Waals surface area contributed by atoms with Crippen LogP contribution < -0.4 is 28.3 Å². The molecule has 3 rings (SSSR count). The molecule has 3 aromatic rings. The van der Waals surface area contributed by atoms with Crippen LogP contribution in [-0.4, -0.2) is 6.16 Å². The molecule has 0 saturated carbocycles. The zero-order chi connectivity index (χ0) is 24.2. The first kappa shape index (κ1) is 28.8. The summed E-state index contributed by atoms with van der Waals surface area (Å²) in [6.07, 6.45) is 12.9. The van der Waals surface area contributed by atoms with Crippen molar-refractivity contribution in [2.24, 2.45) is 0 Å². The molecule has 0 unspecified atom stereocenters. The van der Waals surface area contributed by atoms with Crippen LogP contribution in [0.3, 0.4) is 0 Å². The van der Waals surface area contributed by atoms with Gasteiger partial charge in [-0.2, -0.15) is 0 Å². The summed E-state index contributed by atoms with van der Waals surface area (Å²) in [5.41, 5.74) is 4.40. The summed E-state index contributed by atoms with van der Waals surface area (Å²) in [5, 5.41) is 4.35. The van der Waals surface area contributed by atoms with Crippen LogP contribution in [0.4, 0.5) is 0 Å². The lowest BCUT2D eigenvalue weighted by atomic mass is 10.1. The van der Waals surface area contributed by atoms with Gasteiger partial charge in [0.1, 0.15) is 23.2 Å². The Labute approximate surface area is 220 Å². The summed E-state index contributed by atoms with van der Waals surface area (Å²) in [6, 6.07) is 33.5. The molecule has 0 heterocycles. The van der Waals surface area contributed by atoms with Gasteiger partial charge in [0.15, 0.2) is 0 Å². The molecular weight excluding hydrogens is 463 g/mol. The van der Waals surface area contributed by atoms with Crippen LogP contribution in [-0.2, 0) is 0 Å². The van der Waals surface area contributed by atoms with Crippen LogP contribution in [0.15, 0.2) is 126 Å². The molecule has 0 spiro atoms. The van der Waals surface area contributed by atoms with E-state index in [2.05, 4.69) is 137 Å². The SMILES string of the molecule is CC(C)=CCC/C(C)=C/CC/C(C)=C/C[P+](c1ccccc1)(c1ccccc1)c1ccccc1.[Cl-]. The summed E-state index contributed by atoms with van der Waals surface area (Å²) in [6.45, 7) is 8.93. The van der Waals surface area contributed by atoms with Gasteiger partial charge in [0.2, 0.25) is 0 Å². The lowest BCUT2D eigenvalue weighted by Gasteiger charge is -2.27. The summed E-state index contributed by atoms with van der Waals surface area (Å²) in [4.78, 5) is 0. The monoisotopic (exact) mass is 502 g/mol. The molecule has 0 N–H and O–H groups in total. The molecule has 0 aromatic heterocycles. The first-order valence-corrected chi connectivity index (χ1v) is 14.5. The summed E-state index contributed by atoms with van der Waals surface area (Å²) in [7, 11) is -1.78. The largest absolute Gasteiger partial charge is 1.00 e. The minimum atomic E-state index is -1.78. The van der Waals surface area contributed by atoms with Gasteiger partial charge >= 0.3 is 0 Å². The molecule has 35 heavy (non-hydrogen) atoms. The van der Waals surface area contributed by atoms with Gasteiger partial charge in [0.25, 0.3) is 0 Å². The van der Waals surface area contributed by atoms with Gasteiger partial charge in [-0.3, -0.25) is 0 Å². The maximum Gasteiger partial charge on any atom is 0.115 e. The van der Waals surface area contributed by atoms with Gasteiger partial charge in [0, 0.05) is 0 Å². The predicted octanol–water partition coefficient (Wildman–Crippen LogP) is 5.40. The Morgan fingerprint density at radius 2 is 0.914 bits per heavy atom. The molecule has 0 fully saturated rings. The van der Waals surface area contributed by atoms with E-state index in [1.54, 1.807) is 0 Å². The normalized spacial score (nSPS) is 12.1. The number of hydrogen-bond donors (Lipinski definition) is 0. The highest BCUT2D eigenvalue weighted by Crippen LogP contribution is 2.55. The molecule has 184 valence electrons. The second-order valence-corrected chi connectivity index (χ2v) is 13.0. The fourth-order valence-corrected chi connectivity index (χ4v) is 8.60. The van der Waals surface area contributed by atoms with Crippen molar-refractivity contribution in [2.75, 3.05) is 6.16 Å². The van der Waals surface area contributed by atoms with Gasteiger partial charge in [-0.1, -0.05) is 83.5 Å². The van der Waals surface area contributed by atoms with E-state index >= 15 is 0 Å². The van der Waals surface area contributed by atoms with Crippen LogP contribution in [0.2, 0.25) is 0 Å². The van der Waals surface area contributed by atoms with E-state index < -0.39 is 7.26 Å². The number of rotatable bonds is 11. The highest BCUT2D eigenvalue weighted by Gasteiger charge is 2.44. The number of benzene rings is 3. The molecule has 0 amide bonds. The average Bonchev–Trinajstić information content (AvgIpc) is 2.86. The number of halogens is 1. The van der Waals surface area contributed by atoms with Crippen molar-refractivity contribution < 1.29 is 12.4 Å². The Hall–Kier alpha value is -2.40. The Bertz CT molecular complexity index is 995. The third kappa shape index (κ3) is 8.34. The lowest BCUT2D eigenvalue weighted by Crippen LogP contribution is -3.00. The van der Waals surface area contributed by atoms with Crippen molar-refractivity contribution in [1.82, 2.24) is 0 Å². The highest BCUT2D eigenvalue weighted by atomic mass is 35.5. The summed E-state index contributed by atoms with van der Waals surface area (Å²) in [5.74, 6) is 0. The fourth-order valence-electron chi connectivity index (χ4n) is 4.44. The topological polar surface area (TPSA) is 0 Å². The van der Waals surface area contributed by atoms with Crippen molar-refractivity contribution in [3.63, 3.8) is 0 Å². The maximum atomic E-state index is 2.52. The first-order valence-electron chi connectivity index (χ1n) is 12.5. The summed E-state index contributed by atoms with van der Waals surface area (Å²) >= 11 is 0. The summed E-state index contributed by atoms with van der Waals surface area (Å²) < 4.78 is 0. The quantitative estimate of drug-likeness (QED) is 0.243. The molecule has 0 aliphatic rings. The fraction of sp³-hybridized carbons (Fsp3) is 0.273. The Kier molecular flexibility index (Phi) is 12.3. The predicted molar refractivity (Wildman–Crippen MR) is 155 cm³/mol. The average molecular weight is 503 g/mol. The Morgan fingerprint density at radius 1 is 0.543 bits per heavy atom. The minimum absolute atomic E-state index is 0. The first-order chi connectivity index (χ1) is 16.5. The zero-order valence-corrected chi connectivity index (χ0v) is 23.4. The van der Waals surface area contributed by atoms with Crippen molar-refractivity contribution >= 4 is 23.2 Å². The third-order valence-electron chi connectivity index (χ3n) is 6.43. The van der Waals surface area contributed by atoms with Crippen molar-refractivity contribution in [2.45, 2.75) is 53.4 Å². The van der Waals surface area contributed by atoms with E-state index in [1.807, 2.05) is 0 Å². The minimum Gasteiger partial charge on any atom is -1.00 e. The van der Waals surface area contributed by atoms with Gasteiger partial charge < -0.3 is 12.4 Å². The molecule has 0 atom stereocenters. The zero-order valence-electron chi connectivity index (χ0n) is 21.8. The van der Waals surface area contributed by atoms with Gasteiger partial charge in [-0.25, -0.2) is 0 Å². The van der Waals surface area contributed by atoms with Crippen LogP contribution in [0, 0.1) is 0 Å². The molecule has 3 aromatic carbocycles. The molecular formula is C33H40ClP. The van der Waals surface area contributed by atoms with Gasteiger partial charge in [0.05, 0.1) is 6.16 Å². The molecule has 0 radical (unpaired) electrons. The Morgan fingerprint density at radius 3 is 1.31 bits per heavy atom. The van der Waals surface area contributed by atoms with Crippen molar-refractivity contribution in [3.05, 3.63) is 126 Å². The lowest BCUT2D eigenvalue weighted by molar-refractivity contribution is -0.00000709. The van der Waals surface area contributed by atoms with E-state index in [-0.39, 0.29) is 12.4 Å². The molecule has 0 saturated heterocycles. The van der Waals surface area contributed by atoms with Crippen molar-refractivity contribution in [3.8, 4) is 0 Å². The van der Waals surface area contributed by atoms with E-state index in [1.165, 1.54) is 39.1 Å². The second-order valence-electron chi connectivity index (χ2n) is 9.46. The molecule has 0 nitrogen and oxygen atoms in total. The molecule has 0 bridgehead atoms. The van der Waals surface area contributed by atoms with Crippen LogP contribution in [0.5, 0.6) is 0 Å². The van der Waals surface area contributed by atoms with Crippen LogP contribution >= 0.6 is 7.26 Å². The standard InChI is InChI=1S/C33H40P.ClH/c1-28(2)16-14-17-29(3)18-15-19-30(4)26-27-34(31-20-8-5-9-21-31,32-22-10-6-11-23-32)33-24-12-7-13-25-33;/h5-13,16,18,20-26H,14-15,17,19,27H2,1-4H3;1H/q+1;/p-1/b29-18+,30-26+;. The molecule has 0 aliphatic carbocycles. The van der Waals surface area contributed by atoms with Crippen LogP contribution in [0.25, 0.3) is 0 Å². The van der Waals surface area contributed by atoms with E-state index in [4.69, 9.17) is 0 Å². The Balaban J connectivity index is 0.00000432. The third-order valence-corrected chi connectivity index (χ3v) is 10.7. The van der Waals surface area contributed by atoms with E-state index in [0.717, 1.165) is 25.4 Å². The van der Waals surface area contributed by atoms with Gasteiger partial charge in [-0.15, -0.1) is 0 Å². The smallest absolute Gasteiger partial charge is 0.115 e. The second kappa shape index (κ2) is 14.9. The van der Waals surface area contributed by atoms with Gasteiger partial charge in [-0.05, 0) is 95.9 Å². The number of allylic oxidation sites excluding steroid dienone is 6. The molecule has 2 heteroatoms. The number of hydrogen-bond acceptors (Lipinski definition) is 0. The highest BCUT2D eigenvalue weighted by molar-refractivity contribution is 7.95. The van der Waals surface area contributed by atoms with Crippen LogP contribution in [0.1, 0.15) is 53.4 Å². The molecule has 0 aliphatic heterocycles. The maximum absolute atomic E-state index is 2.52.